The zero-order chi connectivity index (χ0) is 12.8. The van der Waals surface area contributed by atoms with E-state index in [1.54, 1.807) is 13.2 Å². The summed E-state index contributed by atoms with van der Waals surface area (Å²) in [6.07, 6.45) is 1.54. The lowest BCUT2D eigenvalue weighted by Crippen LogP contribution is -2.38. The van der Waals surface area contributed by atoms with Crippen molar-refractivity contribution in [2.45, 2.75) is 19.9 Å². The maximum atomic E-state index is 7.54. The summed E-state index contributed by atoms with van der Waals surface area (Å²) in [5.74, 6) is 0.630. The van der Waals surface area contributed by atoms with Crippen molar-refractivity contribution in [1.29, 1.82) is 5.41 Å². The summed E-state index contributed by atoms with van der Waals surface area (Å²) in [6.45, 7) is 5.39. The Bertz CT molecular complexity index is 382. The molecular formula is C11H19N5O. The van der Waals surface area contributed by atoms with E-state index < -0.39 is 0 Å². The number of likely N-dealkylation sites (N-methyl/N-ethyl adjacent to an activating group) is 1. The predicted octanol–water partition coefficient (Wildman–Crippen LogP) is 0.622. The van der Waals surface area contributed by atoms with E-state index in [0.29, 0.717) is 18.0 Å². The van der Waals surface area contributed by atoms with Crippen molar-refractivity contribution < 1.29 is 4.74 Å². The van der Waals surface area contributed by atoms with E-state index in [1.165, 1.54) is 6.20 Å². The number of methoxy groups -OCH3 is 1. The Hall–Kier alpha value is -1.69. The van der Waals surface area contributed by atoms with Gasteiger partial charge in [-0.1, -0.05) is 0 Å². The van der Waals surface area contributed by atoms with Crippen molar-refractivity contribution in [2.24, 2.45) is 5.73 Å². The SMILES string of the molecule is CCN(c1nnccc1C(=N)N)C(C)COC. The van der Waals surface area contributed by atoms with Gasteiger partial charge in [0.25, 0.3) is 0 Å². The van der Waals surface area contributed by atoms with E-state index in [2.05, 4.69) is 10.2 Å². The number of hydrogen-bond acceptors (Lipinski definition) is 5. The van der Waals surface area contributed by atoms with E-state index in [9.17, 15) is 0 Å². The number of ether oxygens (including phenoxy) is 1. The molecule has 0 bridgehead atoms. The summed E-state index contributed by atoms with van der Waals surface area (Å²) in [6, 6.07) is 1.85. The zero-order valence-electron chi connectivity index (χ0n) is 10.5. The van der Waals surface area contributed by atoms with Crippen LogP contribution in [0.2, 0.25) is 0 Å². The highest BCUT2D eigenvalue weighted by atomic mass is 16.5. The first-order chi connectivity index (χ1) is 8.11. The van der Waals surface area contributed by atoms with Gasteiger partial charge < -0.3 is 15.4 Å². The molecule has 1 rings (SSSR count). The Balaban J connectivity index is 3.06. The van der Waals surface area contributed by atoms with E-state index in [1.807, 2.05) is 18.7 Å². The minimum Gasteiger partial charge on any atom is -0.384 e. The van der Waals surface area contributed by atoms with Crippen molar-refractivity contribution >= 4 is 11.7 Å². The molecule has 0 aliphatic rings. The van der Waals surface area contributed by atoms with Crippen molar-refractivity contribution in [3.63, 3.8) is 0 Å². The quantitative estimate of drug-likeness (QED) is 0.559. The Labute approximate surface area is 101 Å². The van der Waals surface area contributed by atoms with Crippen LogP contribution in [0.15, 0.2) is 12.3 Å². The lowest BCUT2D eigenvalue weighted by molar-refractivity contribution is 0.181. The van der Waals surface area contributed by atoms with Gasteiger partial charge in [0.15, 0.2) is 5.82 Å². The minimum absolute atomic E-state index is 0.00188. The van der Waals surface area contributed by atoms with Crippen molar-refractivity contribution in [2.75, 3.05) is 25.2 Å². The molecule has 94 valence electrons. The molecule has 0 saturated carbocycles. The fourth-order valence-electron chi connectivity index (χ4n) is 1.75. The van der Waals surface area contributed by atoms with Crippen LogP contribution < -0.4 is 10.6 Å². The summed E-state index contributed by atoms with van der Waals surface area (Å²) in [7, 11) is 1.66. The zero-order valence-corrected chi connectivity index (χ0v) is 10.5. The fourth-order valence-corrected chi connectivity index (χ4v) is 1.75. The number of hydrogen-bond donors (Lipinski definition) is 2. The van der Waals surface area contributed by atoms with Crippen LogP contribution >= 0.6 is 0 Å². The van der Waals surface area contributed by atoms with Crippen molar-refractivity contribution in [3.05, 3.63) is 17.8 Å². The molecule has 0 aromatic carbocycles. The van der Waals surface area contributed by atoms with Gasteiger partial charge in [0, 0.05) is 13.7 Å². The third-order valence-electron chi connectivity index (χ3n) is 2.54. The monoisotopic (exact) mass is 237 g/mol. The molecule has 0 radical (unpaired) electrons. The molecule has 1 aromatic rings. The van der Waals surface area contributed by atoms with Crippen LogP contribution in [0.5, 0.6) is 0 Å². The van der Waals surface area contributed by atoms with Crippen molar-refractivity contribution in [3.8, 4) is 0 Å². The van der Waals surface area contributed by atoms with E-state index >= 15 is 0 Å². The molecule has 0 saturated heterocycles. The molecule has 1 unspecified atom stereocenters. The van der Waals surface area contributed by atoms with Gasteiger partial charge in [-0.25, -0.2) is 0 Å². The number of nitrogen functional groups attached to an aromatic ring is 1. The van der Waals surface area contributed by atoms with Crippen LogP contribution in [0, 0.1) is 5.41 Å². The molecule has 0 fully saturated rings. The van der Waals surface area contributed by atoms with Crippen LogP contribution in [0.3, 0.4) is 0 Å². The van der Waals surface area contributed by atoms with E-state index in [-0.39, 0.29) is 11.9 Å². The number of aromatic nitrogens is 2. The normalized spacial score (nSPS) is 12.2. The molecule has 1 aromatic heterocycles. The number of nitrogens with one attached hydrogen (secondary N) is 1. The van der Waals surface area contributed by atoms with Gasteiger partial charge in [0.1, 0.15) is 5.84 Å². The first-order valence-corrected chi connectivity index (χ1v) is 5.53. The van der Waals surface area contributed by atoms with Gasteiger partial charge in [-0.15, -0.1) is 5.10 Å². The molecular weight excluding hydrogens is 218 g/mol. The second-order valence-corrected chi connectivity index (χ2v) is 3.77. The van der Waals surface area contributed by atoms with Crippen LogP contribution in [-0.4, -0.2) is 42.3 Å². The Kier molecular flexibility index (Phi) is 4.84. The molecule has 1 heterocycles. The largest absolute Gasteiger partial charge is 0.384 e. The maximum absolute atomic E-state index is 7.54. The highest BCUT2D eigenvalue weighted by Gasteiger charge is 2.18. The average Bonchev–Trinajstić information content (AvgIpc) is 2.31. The Morgan fingerprint density at radius 3 is 2.88 bits per heavy atom. The molecule has 0 aliphatic heterocycles. The van der Waals surface area contributed by atoms with Gasteiger partial charge in [-0.05, 0) is 19.9 Å². The van der Waals surface area contributed by atoms with Crippen LogP contribution in [0.25, 0.3) is 0 Å². The van der Waals surface area contributed by atoms with Crippen LogP contribution in [0.1, 0.15) is 19.4 Å². The van der Waals surface area contributed by atoms with Gasteiger partial charge in [0.2, 0.25) is 0 Å². The minimum atomic E-state index is -0.00188. The van der Waals surface area contributed by atoms with Gasteiger partial charge in [0.05, 0.1) is 24.4 Å². The second kappa shape index (κ2) is 6.15. The van der Waals surface area contributed by atoms with Crippen LogP contribution in [0.4, 0.5) is 5.82 Å². The highest BCUT2D eigenvalue weighted by Crippen LogP contribution is 2.18. The van der Waals surface area contributed by atoms with Gasteiger partial charge in [-0.2, -0.15) is 5.10 Å². The molecule has 6 nitrogen and oxygen atoms in total. The fraction of sp³-hybridized carbons (Fsp3) is 0.545. The maximum Gasteiger partial charge on any atom is 0.162 e. The number of nitrogens with zero attached hydrogens (tertiary/aromatic N) is 3. The predicted molar refractivity (Wildman–Crippen MR) is 67.4 cm³/mol. The van der Waals surface area contributed by atoms with Crippen LogP contribution in [-0.2, 0) is 4.74 Å². The van der Waals surface area contributed by atoms with E-state index in [4.69, 9.17) is 15.9 Å². The molecule has 0 aliphatic carbocycles. The Morgan fingerprint density at radius 1 is 1.65 bits per heavy atom. The smallest absolute Gasteiger partial charge is 0.162 e. The summed E-state index contributed by atoms with van der Waals surface area (Å²) >= 11 is 0. The second-order valence-electron chi connectivity index (χ2n) is 3.77. The summed E-state index contributed by atoms with van der Waals surface area (Å²) in [5, 5.41) is 15.5. The Morgan fingerprint density at radius 2 is 2.35 bits per heavy atom. The number of nitrogens with two attached hydrogens (primary N) is 1. The summed E-state index contributed by atoms with van der Waals surface area (Å²) in [4.78, 5) is 2.02. The third-order valence-corrected chi connectivity index (χ3v) is 2.54. The topological polar surface area (TPSA) is 88.1 Å². The summed E-state index contributed by atoms with van der Waals surface area (Å²) in [5.41, 5.74) is 6.14. The molecule has 0 spiro atoms. The molecule has 3 N–H and O–H groups in total. The van der Waals surface area contributed by atoms with Gasteiger partial charge >= 0.3 is 0 Å². The summed E-state index contributed by atoms with van der Waals surface area (Å²) < 4.78 is 5.13. The third kappa shape index (κ3) is 3.13. The molecule has 1 atom stereocenters. The number of anilines is 1. The van der Waals surface area contributed by atoms with Crippen molar-refractivity contribution in [1.82, 2.24) is 10.2 Å². The van der Waals surface area contributed by atoms with E-state index in [0.717, 1.165) is 6.54 Å². The number of amidine groups is 1. The van der Waals surface area contributed by atoms with Gasteiger partial charge in [-0.3, -0.25) is 5.41 Å². The molecule has 17 heavy (non-hydrogen) atoms. The molecule has 6 heteroatoms. The lowest BCUT2D eigenvalue weighted by Gasteiger charge is -2.29. The lowest BCUT2D eigenvalue weighted by atomic mass is 10.2. The highest BCUT2D eigenvalue weighted by molar-refractivity contribution is 5.99. The first kappa shape index (κ1) is 13.4. The standard InChI is InChI=1S/C11H19N5O/c1-4-16(8(2)7-17-3)11-9(10(12)13)5-6-14-15-11/h5-6,8H,4,7H2,1-3H3,(H3,12,13). The molecule has 0 amide bonds. The average molecular weight is 237 g/mol. The first-order valence-electron chi connectivity index (χ1n) is 5.53. The number of rotatable bonds is 6.